The van der Waals surface area contributed by atoms with Crippen LogP contribution in [0.3, 0.4) is 0 Å². The first-order valence-electron chi connectivity index (χ1n) is 8.09. The third-order valence-corrected chi connectivity index (χ3v) is 3.46. The number of allylic oxidation sites excluding steroid dienone is 1. The Morgan fingerprint density at radius 2 is 1.11 bits per heavy atom. The highest BCUT2D eigenvalue weighted by Gasteiger charge is 1.92. The van der Waals surface area contributed by atoms with Gasteiger partial charge in [0.25, 0.3) is 0 Å². The quantitative estimate of drug-likeness (QED) is 0.263. The molecule has 0 aromatic heterocycles. The first-order chi connectivity index (χ1) is 8.91. The number of ether oxygens (including phenoxy) is 1. The van der Waals surface area contributed by atoms with Crippen LogP contribution in [0.15, 0.2) is 12.3 Å². The Hall–Kier alpha value is -0.460. The molecule has 0 fully saturated rings. The standard InChI is InChI=1S/C17H34O/c1-3-4-5-6-7-8-9-10-11-12-13-14-15-16-17-18-2/h16-17H,3-15H2,1-2H3. The van der Waals surface area contributed by atoms with E-state index in [0.717, 1.165) is 0 Å². The van der Waals surface area contributed by atoms with Gasteiger partial charge in [0.05, 0.1) is 13.4 Å². The van der Waals surface area contributed by atoms with Crippen LogP contribution >= 0.6 is 0 Å². The maximum absolute atomic E-state index is 4.87. The summed E-state index contributed by atoms with van der Waals surface area (Å²) in [5.74, 6) is 0. The van der Waals surface area contributed by atoms with Crippen LogP contribution in [0.5, 0.6) is 0 Å². The molecule has 0 aliphatic heterocycles. The van der Waals surface area contributed by atoms with Crippen LogP contribution in [-0.4, -0.2) is 7.11 Å². The lowest BCUT2D eigenvalue weighted by Gasteiger charge is -2.02. The van der Waals surface area contributed by atoms with Crippen LogP contribution < -0.4 is 0 Å². The van der Waals surface area contributed by atoms with Gasteiger partial charge in [0.15, 0.2) is 0 Å². The minimum Gasteiger partial charge on any atom is -0.505 e. The summed E-state index contributed by atoms with van der Waals surface area (Å²) >= 11 is 0. The Morgan fingerprint density at radius 3 is 1.56 bits per heavy atom. The fourth-order valence-electron chi connectivity index (χ4n) is 2.27. The molecule has 0 heterocycles. The van der Waals surface area contributed by atoms with Crippen LogP contribution in [0.4, 0.5) is 0 Å². The molecule has 18 heavy (non-hydrogen) atoms. The van der Waals surface area contributed by atoms with Gasteiger partial charge in [0.2, 0.25) is 0 Å². The summed E-state index contributed by atoms with van der Waals surface area (Å²) in [6.45, 7) is 2.28. The molecular formula is C17H34O. The van der Waals surface area contributed by atoms with Crippen molar-refractivity contribution in [3.63, 3.8) is 0 Å². The molecule has 1 heteroatoms. The molecule has 0 atom stereocenters. The maximum Gasteiger partial charge on any atom is 0.0784 e. The predicted octanol–water partition coefficient (Wildman–Crippen LogP) is 6.24. The molecule has 0 aliphatic rings. The molecule has 0 rings (SSSR count). The van der Waals surface area contributed by atoms with Gasteiger partial charge < -0.3 is 4.74 Å². The van der Waals surface area contributed by atoms with Crippen LogP contribution in [0.2, 0.25) is 0 Å². The summed E-state index contributed by atoms with van der Waals surface area (Å²) in [6.07, 6.45) is 22.1. The zero-order valence-electron chi connectivity index (χ0n) is 12.8. The van der Waals surface area contributed by atoms with Crippen LogP contribution in [0.1, 0.15) is 90.4 Å². The van der Waals surface area contributed by atoms with Gasteiger partial charge in [-0.05, 0) is 18.9 Å². The van der Waals surface area contributed by atoms with Gasteiger partial charge in [-0.2, -0.15) is 0 Å². The summed E-state index contributed by atoms with van der Waals surface area (Å²) in [6, 6.07) is 0. The molecule has 0 amide bonds. The van der Waals surface area contributed by atoms with Crippen LogP contribution in [0.25, 0.3) is 0 Å². The molecule has 0 saturated heterocycles. The second kappa shape index (κ2) is 16.5. The summed E-state index contributed by atoms with van der Waals surface area (Å²) in [5, 5.41) is 0. The molecule has 0 saturated carbocycles. The van der Waals surface area contributed by atoms with E-state index in [2.05, 4.69) is 13.0 Å². The number of rotatable bonds is 14. The normalized spacial score (nSPS) is 11.2. The number of unbranched alkanes of at least 4 members (excludes halogenated alkanes) is 12. The Balaban J connectivity index is 2.92. The van der Waals surface area contributed by atoms with Crippen molar-refractivity contribution in [1.29, 1.82) is 0 Å². The van der Waals surface area contributed by atoms with Gasteiger partial charge in [0.1, 0.15) is 0 Å². The molecule has 0 unspecified atom stereocenters. The molecular weight excluding hydrogens is 220 g/mol. The second-order valence-corrected chi connectivity index (χ2v) is 5.29. The van der Waals surface area contributed by atoms with Crippen molar-refractivity contribution >= 4 is 0 Å². The minimum atomic E-state index is 1.17. The van der Waals surface area contributed by atoms with Crippen molar-refractivity contribution in [1.82, 2.24) is 0 Å². The smallest absolute Gasteiger partial charge is 0.0784 e. The van der Waals surface area contributed by atoms with Crippen molar-refractivity contribution in [2.75, 3.05) is 7.11 Å². The monoisotopic (exact) mass is 254 g/mol. The second-order valence-electron chi connectivity index (χ2n) is 5.29. The van der Waals surface area contributed by atoms with E-state index in [0.29, 0.717) is 0 Å². The predicted molar refractivity (Wildman–Crippen MR) is 81.8 cm³/mol. The average molecular weight is 254 g/mol. The first-order valence-corrected chi connectivity index (χ1v) is 8.09. The Kier molecular flexibility index (Phi) is 16.1. The van der Waals surface area contributed by atoms with Gasteiger partial charge in [-0.25, -0.2) is 0 Å². The van der Waals surface area contributed by atoms with E-state index in [9.17, 15) is 0 Å². The molecule has 0 aliphatic carbocycles. The van der Waals surface area contributed by atoms with Gasteiger partial charge in [0, 0.05) is 0 Å². The lowest BCUT2D eigenvalue weighted by atomic mass is 10.0. The van der Waals surface area contributed by atoms with Crippen molar-refractivity contribution in [2.24, 2.45) is 0 Å². The van der Waals surface area contributed by atoms with Crippen molar-refractivity contribution < 1.29 is 4.74 Å². The highest BCUT2D eigenvalue weighted by molar-refractivity contribution is 4.72. The molecule has 108 valence electrons. The number of hydrogen-bond acceptors (Lipinski definition) is 1. The molecule has 0 aromatic carbocycles. The largest absolute Gasteiger partial charge is 0.505 e. The van der Waals surface area contributed by atoms with Gasteiger partial charge in [-0.1, -0.05) is 77.6 Å². The first kappa shape index (κ1) is 17.5. The summed E-state index contributed by atoms with van der Waals surface area (Å²) in [7, 11) is 1.71. The molecule has 0 radical (unpaired) electrons. The van der Waals surface area contributed by atoms with Gasteiger partial charge >= 0.3 is 0 Å². The van der Waals surface area contributed by atoms with E-state index in [1.165, 1.54) is 83.5 Å². The van der Waals surface area contributed by atoms with Crippen molar-refractivity contribution in [3.05, 3.63) is 12.3 Å². The lowest BCUT2D eigenvalue weighted by Crippen LogP contribution is -1.82. The SMILES string of the molecule is CCCCCCCCCCCCCCC=COC. The third kappa shape index (κ3) is 15.5. The summed E-state index contributed by atoms with van der Waals surface area (Å²) in [5.41, 5.74) is 0. The molecule has 1 nitrogen and oxygen atoms in total. The fourth-order valence-corrected chi connectivity index (χ4v) is 2.27. The molecule has 0 aromatic rings. The maximum atomic E-state index is 4.87. The van der Waals surface area contributed by atoms with Gasteiger partial charge in [-0.15, -0.1) is 0 Å². The molecule has 0 spiro atoms. The van der Waals surface area contributed by atoms with E-state index in [1.807, 2.05) is 0 Å². The van der Waals surface area contributed by atoms with E-state index in [4.69, 9.17) is 4.74 Å². The Morgan fingerprint density at radius 1 is 0.667 bits per heavy atom. The highest BCUT2D eigenvalue weighted by Crippen LogP contribution is 2.12. The van der Waals surface area contributed by atoms with E-state index in [-0.39, 0.29) is 0 Å². The van der Waals surface area contributed by atoms with Crippen LogP contribution in [-0.2, 0) is 4.74 Å². The number of hydrogen-bond donors (Lipinski definition) is 0. The zero-order chi connectivity index (χ0) is 13.3. The fraction of sp³-hybridized carbons (Fsp3) is 0.882. The third-order valence-electron chi connectivity index (χ3n) is 3.46. The Labute approximate surface area is 115 Å². The van der Waals surface area contributed by atoms with Gasteiger partial charge in [-0.3, -0.25) is 0 Å². The molecule has 0 bridgehead atoms. The summed E-state index contributed by atoms with van der Waals surface area (Å²) in [4.78, 5) is 0. The highest BCUT2D eigenvalue weighted by atomic mass is 16.5. The van der Waals surface area contributed by atoms with Crippen molar-refractivity contribution in [2.45, 2.75) is 90.4 Å². The number of methoxy groups -OCH3 is 1. The topological polar surface area (TPSA) is 9.23 Å². The van der Waals surface area contributed by atoms with Crippen LogP contribution in [0, 0.1) is 0 Å². The molecule has 0 N–H and O–H groups in total. The minimum absolute atomic E-state index is 1.17. The van der Waals surface area contributed by atoms with E-state index < -0.39 is 0 Å². The van der Waals surface area contributed by atoms with Crippen molar-refractivity contribution in [3.8, 4) is 0 Å². The zero-order valence-corrected chi connectivity index (χ0v) is 12.8. The average Bonchev–Trinajstić information content (AvgIpc) is 2.39. The van der Waals surface area contributed by atoms with E-state index >= 15 is 0 Å². The summed E-state index contributed by atoms with van der Waals surface area (Å²) < 4.78 is 4.87. The lowest BCUT2D eigenvalue weighted by molar-refractivity contribution is 0.336. The Bertz CT molecular complexity index is 163. The van der Waals surface area contributed by atoms with E-state index in [1.54, 1.807) is 13.4 Å².